The number of alkyl halides is 3. The minimum absolute atomic E-state index is 0.0862. The van der Waals surface area contributed by atoms with Crippen LogP contribution in [0, 0.1) is 0 Å². The molecule has 0 aliphatic carbocycles. The fraction of sp³-hybridized carbons (Fsp3) is 0.111. The maximum Gasteiger partial charge on any atom is 0.573 e. The molecule has 0 fully saturated rings. The van der Waals surface area contributed by atoms with E-state index in [0.29, 0.717) is 10.7 Å². The summed E-state index contributed by atoms with van der Waals surface area (Å²) in [5.74, 6) is -0.351. The lowest BCUT2D eigenvalue weighted by molar-refractivity contribution is -0.274. The highest BCUT2D eigenvalue weighted by Gasteiger charge is 2.31. The number of para-hydroxylation sites is 1. The summed E-state index contributed by atoms with van der Waals surface area (Å²) in [5.41, 5.74) is 1.73. The summed E-state index contributed by atoms with van der Waals surface area (Å²) in [4.78, 5) is 9.56. The predicted molar refractivity (Wildman–Crippen MR) is 98.1 cm³/mol. The summed E-state index contributed by atoms with van der Waals surface area (Å²) < 4.78 is 41.1. The van der Waals surface area contributed by atoms with Crippen molar-refractivity contribution in [3.8, 4) is 16.3 Å². The minimum Gasteiger partial charge on any atom is -0.405 e. The Morgan fingerprint density at radius 1 is 1.11 bits per heavy atom. The molecule has 0 amide bonds. The zero-order valence-corrected chi connectivity index (χ0v) is 15.2. The van der Waals surface area contributed by atoms with Crippen molar-refractivity contribution in [2.45, 2.75) is 13.0 Å². The van der Waals surface area contributed by atoms with Gasteiger partial charge in [-0.15, -0.1) is 24.5 Å². The number of hydrogen-bond acceptors (Lipinski definition) is 5. The first-order valence-electron chi connectivity index (χ1n) is 7.61. The Hall–Kier alpha value is -2.58. The van der Waals surface area contributed by atoms with Gasteiger partial charge in [0.1, 0.15) is 10.8 Å². The van der Waals surface area contributed by atoms with Crippen molar-refractivity contribution in [2.75, 3.05) is 0 Å². The summed E-state index contributed by atoms with van der Waals surface area (Å²) >= 11 is 7.30. The SMILES string of the molecule is FC(F)(F)Oc1ccccc1/C=N/OCc1csc(-c2ccc(Cl)cc2)n1. The summed E-state index contributed by atoms with van der Waals surface area (Å²) in [5, 5.41) is 6.96. The fourth-order valence-corrected chi connectivity index (χ4v) is 3.04. The van der Waals surface area contributed by atoms with Crippen LogP contribution < -0.4 is 4.74 Å². The van der Waals surface area contributed by atoms with Gasteiger partial charge in [-0.25, -0.2) is 4.98 Å². The molecule has 1 heterocycles. The molecule has 9 heteroatoms. The monoisotopic (exact) mass is 412 g/mol. The molecule has 1 aromatic heterocycles. The van der Waals surface area contributed by atoms with Gasteiger partial charge in [0.2, 0.25) is 0 Å². The topological polar surface area (TPSA) is 43.7 Å². The van der Waals surface area contributed by atoms with Crippen molar-refractivity contribution >= 4 is 29.2 Å². The van der Waals surface area contributed by atoms with Gasteiger partial charge in [-0.3, -0.25) is 0 Å². The van der Waals surface area contributed by atoms with Crippen LogP contribution in [0.5, 0.6) is 5.75 Å². The van der Waals surface area contributed by atoms with Crippen LogP contribution in [-0.4, -0.2) is 17.6 Å². The number of ether oxygens (including phenoxy) is 1. The van der Waals surface area contributed by atoms with Crippen molar-refractivity contribution in [3.63, 3.8) is 0 Å². The van der Waals surface area contributed by atoms with E-state index >= 15 is 0 Å². The van der Waals surface area contributed by atoms with Crippen LogP contribution in [0.15, 0.2) is 59.1 Å². The zero-order valence-electron chi connectivity index (χ0n) is 13.6. The van der Waals surface area contributed by atoms with Crippen molar-refractivity contribution < 1.29 is 22.7 Å². The third-order valence-corrected chi connectivity index (χ3v) is 4.46. The van der Waals surface area contributed by atoms with E-state index in [4.69, 9.17) is 16.4 Å². The number of halogens is 4. The molecular weight excluding hydrogens is 401 g/mol. The molecule has 3 aromatic rings. The predicted octanol–water partition coefficient (Wildman–Crippen LogP) is 5.91. The highest BCUT2D eigenvalue weighted by Crippen LogP contribution is 2.26. The third-order valence-electron chi connectivity index (χ3n) is 3.27. The molecule has 0 spiro atoms. The number of rotatable bonds is 6. The molecule has 3 rings (SSSR count). The van der Waals surface area contributed by atoms with Gasteiger partial charge < -0.3 is 9.57 Å². The van der Waals surface area contributed by atoms with Gasteiger partial charge in [0.15, 0.2) is 6.61 Å². The zero-order chi connectivity index (χ0) is 19.3. The highest BCUT2D eigenvalue weighted by molar-refractivity contribution is 7.13. The molecule has 0 unspecified atom stereocenters. The molecule has 140 valence electrons. The second-order valence-corrected chi connectivity index (χ2v) is 6.54. The van der Waals surface area contributed by atoms with Crippen LogP contribution in [-0.2, 0) is 11.4 Å². The Kier molecular flexibility index (Phi) is 5.98. The smallest absolute Gasteiger partial charge is 0.405 e. The molecule has 0 N–H and O–H groups in total. The van der Waals surface area contributed by atoms with Gasteiger partial charge >= 0.3 is 6.36 Å². The van der Waals surface area contributed by atoms with Crippen molar-refractivity contribution in [3.05, 3.63) is 70.2 Å². The Morgan fingerprint density at radius 2 is 1.85 bits per heavy atom. The van der Waals surface area contributed by atoms with Crippen LogP contribution in [0.2, 0.25) is 5.02 Å². The number of nitrogens with zero attached hydrogens (tertiary/aromatic N) is 2. The van der Waals surface area contributed by atoms with Gasteiger partial charge in [-0.05, 0) is 24.3 Å². The Balaban J connectivity index is 1.60. The van der Waals surface area contributed by atoms with Gasteiger partial charge in [-0.1, -0.05) is 41.0 Å². The van der Waals surface area contributed by atoms with E-state index < -0.39 is 6.36 Å². The molecular formula is C18H12ClF3N2O2S. The molecule has 27 heavy (non-hydrogen) atoms. The number of benzene rings is 2. The molecule has 0 atom stereocenters. The minimum atomic E-state index is -4.77. The first kappa shape index (κ1) is 19.2. The lowest BCUT2D eigenvalue weighted by atomic mass is 10.2. The van der Waals surface area contributed by atoms with E-state index in [1.165, 1.54) is 29.5 Å². The molecule has 4 nitrogen and oxygen atoms in total. The van der Waals surface area contributed by atoms with E-state index in [-0.39, 0.29) is 17.9 Å². The first-order chi connectivity index (χ1) is 12.9. The summed E-state index contributed by atoms with van der Waals surface area (Å²) in [6.45, 7) is 0.0862. The Morgan fingerprint density at radius 3 is 2.59 bits per heavy atom. The third kappa shape index (κ3) is 5.70. The van der Waals surface area contributed by atoms with E-state index in [1.54, 1.807) is 18.2 Å². The van der Waals surface area contributed by atoms with E-state index in [0.717, 1.165) is 16.8 Å². The van der Waals surface area contributed by atoms with E-state index in [2.05, 4.69) is 14.9 Å². The highest BCUT2D eigenvalue weighted by atomic mass is 35.5. The second kappa shape index (κ2) is 8.41. The van der Waals surface area contributed by atoms with Gasteiger partial charge in [0, 0.05) is 21.5 Å². The average molecular weight is 413 g/mol. The second-order valence-electron chi connectivity index (χ2n) is 5.24. The van der Waals surface area contributed by atoms with E-state index in [1.807, 2.05) is 17.5 Å². The summed E-state index contributed by atoms with van der Waals surface area (Å²) in [6.07, 6.45) is -3.61. The van der Waals surface area contributed by atoms with Crippen LogP contribution >= 0.6 is 22.9 Å². The van der Waals surface area contributed by atoms with Crippen molar-refractivity contribution in [1.29, 1.82) is 0 Å². The molecule has 0 bridgehead atoms. The Labute approximate surface area is 161 Å². The number of aromatic nitrogens is 1. The Bertz CT molecular complexity index is 927. The van der Waals surface area contributed by atoms with Gasteiger partial charge in [-0.2, -0.15) is 0 Å². The van der Waals surface area contributed by atoms with Crippen LogP contribution in [0.3, 0.4) is 0 Å². The lowest BCUT2D eigenvalue weighted by Crippen LogP contribution is -2.18. The maximum atomic E-state index is 12.4. The number of oxime groups is 1. The maximum absolute atomic E-state index is 12.4. The van der Waals surface area contributed by atoms with Crippen LogP contribution in [0.25, 0.3) is 10.6 Å². The van der Waals surface area contributed by atoms with Gasteiger partial charge in [0.25, 0.3) is 0 Å². The molecule has 0 aliphatic heterocycles. The molecule has 0 saturated heterocycles. The summed E-state index contributed by atoms with van der Waals surface area (Å²) in [7, 11) is 0. The molecule has 0 saturated carbocycles. The van der Waals surface area contributed by atoms with Gasteiger partial charge in [0.05, 0.1) is 11.9 Å². The first-order valence-corrected chi connectivity index (χ1v) is 8.87. The average Bonchev–Trinajstić information content (AvgIpc) is 3.08. The molecule has 0 radical (unpaired) electrons. The quantitative estimate of drug-likeness (QED) is 0.373. The number of thiazole rings is 1. The molecule has 0 aliphatic rings. The lowest BCUT2D eigenvalue weighted by Gasteiger charge is -2.10. The van der Waals surface area contributed by atoms with E-state index in [9.17, 15) is 13.2 Å². The molecule has 2 aromatic carbocycles. The van der Waals surface area contributed by atoms with Crippen molar-refractivity contribution in [2.24, 2.45) is 5.16 Å². The van der Waals surface area contributed by atoms with Crippen LogP contribution in [0.1, 0.15) is 11.3 Å². The van der Waals surface area contributed by atoms with Crippen LogP contribution in [0.4, 0.5) is 13.2 Å². The normalized spacial score (nSPS) is 11.7. The fourth-order valence-electron chi connectivity index (χ4n) is 2.10. The van der Waals surface area contributed by atoms with Crippen molar-refractivity contribution in [1.82, 2.24) is 4.98 Å². The largest absolute Gasteiger partial charge is 0.573 e. The summed E-state index contributed by atoms with van der Waals surface area (Å²) in [6, 6.07) is 12.9. The number of hydrogen-bond donors (Lipinski definition) is 0. The standard InChI is InChI=1S/C18H12ClF3N2O2S/c19-14-7-5-12(6-8-14)17-24-15(11-27-17)10-25-23-9-13-3-1-2-4-16(13)26-18(20,21)22/h1-9,11H,10H2/b23-9+.